The van der Waals surface area contributed by atoms with Crippen LogP contribution in [0.15, 0.2) is 29.2 Å². The highest BCUT2D eigenvalue weighted by Gasteiger charge is 2.38. The minimum absolute atomic E-state index is 0. The number of sulfonamides is 1. The second-order valence-corrected chi connectivity index (χ2v) is 7.20. The summed E-state index contributed by atoms with van der Waals surface area (Å²) in [6.07, 6.45) is -2.29. The van der Waals surface area contributed by atoms with E-state index in [1.165, 1.54) is 16.4 Å². The van der Waals surface area contributed by atoms with Crippen molar-refractivity contribution in [3.8, 4) is 5.75 Å². The van der Waals surface area contributed by atoms with Gasteiger partial charge >= 0.3 is 6.36 Å². The van der Waals surface area contributed by atoms with Crippen LogP contribution in [0.4, 0.5) is 13.2 Å². The van der Waals surface area contributed by atoms with Crippen molar-refractivity contribution in [2.45, 2.75) is 43.0 Å². The summed E-state index contributed by atoms with van der Waals surface area (Å²) >= 11 is 0. The van der Waals surface area contributed by atoms with E-state index in [2.05, 4.69) is 4.74 Å². The minimum Gasteiger partial charge on any atom is -0.404 e. The first-order valence-corrected chi connectivity index (χ1v) is 8.76. The topological polar surface area (TPSA) is 72.6 Å². The van der Waals surface area contributed by atoms with Crippen LogP contribution in [-0.4, -0.2) is 38.2 Å². The Morgan fingerprint density at radius 1 is 1.25 bits per heavy atom. The molecule has 138 valence electrons. The molecule has 0 spiro atoms. The molecule has 10 heteroatoms. The Morgan fingerprint density at radius 3 is 2.54 bits per heavy atom. The molecule has 2 rings (SSSR count). The van der Waals surface area contributed by atoms with Crippen molar-refractivity contribution < 1.29 is 26.3 Å². The van der Waals surface area contributed by atoms with Gasteiger partial charge in [0.25, 0.3) is 0 Å². The molecule has 1 aliphatic heterocycles. The number of hydrogen-bond acceptors (Lipinski definition) is 4. The number of hydrogen-bond donors (Lipinski definition) is 1. The van der Waals surface area contributed by atoms with Crippen molar-refractivity contribution in [1.29, 1.82) is 0 Å². The van der Waals surface area contributed by atoms with Crippen molar-refractivity contribution in [3.63, 3.8) is 0 Å². The van der Waals surface area contributed by atoms with Crippen molar-refractivity contribution in [2.75, 3.05) is 13.1 Å². The van der Waals surface area contributed by atoms with Crippen LogP contribution < -0.4 is 10.5 Å². The summed E-state index contributed by atoms with van der Waals surface area (Å²) in [4.78, 5) is -0.471. The molecule has 0 bridgehead atoms. The molecule has 1 aliphatic rings. The molecule has 1 aromatic carbocycles. The van der Waals surface area contributed by atoms with Crippen LogP contribution in [0, 0.1) is 0 Å². The summed E-state index contributed by atoms with van der Waals surface area (Å²) in [7, 11) is -4.08. The second-order valence-electron chi connectivity index (χ2n) is 5.34. The molecule has 0 radical (unpaired) electrons. The molecule has 1 heterocycles. The van der Waals surface area contributed by atoms with Crippen LogP contribution in [0.3, 0.4) is 0 Å². The van der Waals surface area contributed by atoms with E-state index in [0.29, 0.717) is 25.8 Å². The standard InChI is InChI=1S/C14H19F3N2O3S.ClH/c15-14(16,17)22-12-6-1-2-7-13(12)23(20,21)19-10-4-3-5-11(19)8-9-18;/h1-2,6-7,11H,3-5,8-10,18H2;1H. The van der Waals surface area contributed by atoms with Gasteiger partial charge in [0, 0.05) is 12.6 Å². The minimum atomic E-state index is -4.95. The molecule has 24 heavy (non-hydrogen) atoms. The van der Waals surface area contributed by atoms with E-state index < -0.39 is 27.0 Å². The van der Waals surface area contributed by atoms with Crippen LogP contribution in [0.2, 0.25) is 0 Å². The molecule has 5 nitrogen and oxygen atoms in total. The van der Waals surface area contributed by atoms with Crippen molar-refractivity contribution in [2.24, 2.45) is 5.73 Å². The normalized spacial score (nSPS) is 19.6. The van der Waals surface area contributed by atoms with E-state index in [1.54, 1.807) is 0 Å². The van der Waals surface area contributed by atoms with E-state index in [0.717, 1.165) is 18.6 Å². The van der Waals surface area contributed by atoms with E-state index in [9.17, 15) is 21.6 Å². The van der Waals surface area contributed by atoms with Crippen LogP contribution in [0.5, 0.6) is 5.75 Å². The van der Waals surface area contributed by atoms with E-state index in [-0.39, 0.29) is 25.0 Å². The maximum atomic E-state index is 12.8. The number of nitrogens with two attached hydrogens (primary N) is 1. The van der Waals surface area contributed by atoms with Gasteiger partial charge in [-0.1, -0.05) is 18.6 Å². The van der Waals surface area contributed by atoms with Gasteiger partial charge in [-0.15, -0.1) is 25.6 Å². The summed E-state index contributed by atoms with van der Waals surface area (Å²) in [5, 5.41) is 0. The lowest BCUT2D eigenvalue weighted by molar-refractivity contribution is -0.275. The molecule has 1 fully saturated rings. The number of rotatable bonds is 5. The fraction of sp³-hybridized carbons (Fsp3) is 0.571. The highest BCUT2D eigenvalue weighted by molar-refractivity contribution is 7.89. The average Bonchev–Trinajstić information content (AvgIpc) is 2.47. The Bertz CT molecular complexity index is 638. The monoisotopic (exact) mass is 388 g/mol. The summed E-state index contributed by atoms with van der Waals surface area (Å²) in [6.45, 7) is 0.588. The predicted octanol–water partition coefficient (Wildman–Crippen LogP) is 2.90. The first kappa shape index (κ1) is 21.0. The van der Waals surface area contributed by atoms with Gasteiger partial charge in [0.2, 0.25) is 10.0 Å². The van der Waals surface area contributed by atoms with Gasteiger partial charge in [-0.2, -0.15) is 4.31 Å². The third-order valence-corrected chi connectivity index (χ3v) is 5.73. The summed E-state index contributed by atoms with van der Waals surface area (Å²) in [6, 6.07) is 4.51. The Labute approximate surface area is 145 Å². The molecule has 0 aliphatic carbocycles. The predicted molar refractivity (Wildman–Crippen MR) is 85.6 cm³/mol. The van der Waals surface area contributed by atoms with Gasteiger partial charge in [-0.3, -0.25) is 0 Å². The average molecular weight is 389 g/mol. The lowest BCUT2D eigenvalue weighted by Gasteiger charge is -2.34. The van der Waals surface area contributed by atoms with E-state index >= 15 is 0 Å². The Hall–Kier alpha value is -1.03. The van der Waals surface area contributed by atoms with Gasteiger partial charge in [-0.25, -0.2) is 8.42 Å². The first-order chi connectivity index (χ1) is 10.8. The highest BCUT2D eigenvalue weighted by atomic mass is 35.5. The quantitative estimate of drug-likeness (QED) is 0.841. The van der Waals surface area contributed by atoms with Gasteiger partial charge in [-0.05, 0) is 37.9 Å². The Balaban J connectivity index is 0.00000288. The molecule has 1 saturated heterocycles. The molecule has 0 amide bonds. The number of benzene rings is 1. The molecule has 0 aromatic heterocycles. The van der Waals surface area contributed by atoms with Gasteiger partial charge in [0.15, 0.2) is 0 Å². The van der Waals surface area contributed by atoms with Crippen LogP contribution >= 0.6 is 12.4 Å². The molecule has 1 unspecified atom stereocenters. The molecule has 1 atom stereocenters. The number of para-hydroxylation sites is 1. The number of alkyl halides is 3. The smallest absolute Gasteiger partial charge is 0.404 e. The number of halogens is 4. The zero-order chi connectivity index (χ0) is 17.1. The zero-order valence-electron chi connectivity index (χ0n) is 12.8. The van der Waals surface area contributed by atoms with Crippen LogP contribution in [-0.2, 0) is 10.0 Å². The van der Waals surface area contributed by atoms with Crippen molar-refractivity contribution in [1.82, 2.24) is 4.31 Å². The Kier molecular flexibility index (Phi) is 7.33. The number of piperidine rings is 1. The zero-order valence-corrected chi connectivity index (χ0v) is 14.5. The fourth-order valence-electron chi connectivity index (χ4n) is 2.77. The lowest BCUT2D eigenvalue weighted by atomic mass is 10.0. The van der Waals surface area contributed by atoms with Crippen molar-refractivity contribution in [3.05, 3.63) is 24.3 Å². The Morgan fingerprint density at radius 2 is 1.92 bits per heavy atom. The summed E-state index contributed by atoms with van der Waals surface area (Å²) in [5.74, 6) is -0.711. The fourth-order valence-corrected chi connectivity index (χ4v) is 4.61. The summed E-state index contributed by atoms with van der Waals surface area (Å²) in [5.41, 5.74) is 5.52. The first-order valence-electron chi connectivity index (χ1n) is 7.32. The maximum Gasteiger partial charge on any atom is 0.573 e. The van der Waals surface area contributed by atoms with Gasteiger partial charge in [0.05, 0.1) is 0 Å². The number of nitrogens with zero attached hydrogens (tertiary/aromatic N) is 1. The third-order valence-electron chi connectivity index (χ3n) is 3.73. The largest absolute Gasteiger partial charge is 0.573 e. The number of ether oxygens (including phenoxy) is 1. The maximum absolute atomic E-state index is 12.8. The molecular weight excluding hydrogens is 369 g/mol. The summed E-state index contributed by atoms with van der Waals surface area (Å²) < 4.78 is 68.3. The molecule has 1 aromatic rings. The van der Waals surface area contributed by atoms with E-state index in [1.807, 2.05) is 0 Å². The van der Waals surface area contributed by atoms with Crippen molar-refractivity contribution >= 4 is 22.4 Å². The second kappa shape index (κ2) is 8.37. The van der Waals surface area contributed by atoms with Crippen LogP contribution in [0.1, 0.15) is 25.7 Å². The van der Waals surface area contributed by atoms with E-state index in [4.69, 9.17) is 5.73 Å². The molecular formula is C14H20ClF3N2O3S. The SMILES string of the molecule is Cl.NCCC1CCCCN1S(=O)(=O)c1ccccc1OC(F)(F)F. The van der Waals surface area contributed by atoms with Gasteiger partial charge < -0.3 is 10.5 Å². The third kappa shape index (κ3) is 4.98. The lowest BCUT2D eigenvalue weighted by Crippen LogP contribution is -2.44. The molecule has 0 saturated carbocycles. The highest BCUT2D eigenvalue weighted by Crippen LogP contribution is 2.34. The van der Waals surface area contributed by atoms with Gasteiger partial charge in [0.1, 0.15) is 10.6 Å². The van der Waals surface area contributed by atoms with Crippen LogP contribution in [0.25, 0.3) is 0 Å². The molecule has 2 N–H and O–H groups in total.